The number of thioether (sulfide) groups is 1. The van der Waals surface area contributed by atoms with Crippen molar-refractivity contribution >= 4 is 35.4 Å². The van der Waals surface area contributed by atoms with Crippen LogP contribution in [0.1, 0.15) is 11.6 Å². The first-order chi connectivity index (χ1) is 11.5. The molecule has 2 aromatic heterocycles. The maximum absolute atomic E-state index is 11.4. The Morgan fingerprint density at radius 1 is 1.38 bits per heavy atom. The molecule has 0 saturated carbocycles. The number of carbonyl (C=O) groups is 1. The lowest BCUT2D eigenvalue weighted by Crippen LogP contribution is -1.97. The summed E-state index contributed by atoms with van der Waals surface area (Å²) in [5.41, 5.74) is 0.816. The molecule has 24 heavy (non-hydrogen) atoms. The summed E-state index contributed by atoms with van der Waals surface area (Å²) < 4.78 is 5.69. The van der Waals surface area contributed by atoms with Crippen molar-refractivity contribution in [1.29, 1.82) is 0 Å². The average molecular weight is 362 g/mol. The van der Waals surface area contributed by atoms with Gasteiger partial charge in [-0.15, -0.1) is 5.10 Å². The fourth-order valence-electron chi connectivity index (χ4n) is 1.96. The fourth-order valence-corrected chi connectivity index (χ4v) is 2.88. The van der Waals surface area contributed by atoms with Crippen LogP contribution >= 0.6 is 23.4 Å². The van der Waals surface area contributed by atoms with Crippen LogP contribution in [0.3, 0.4) is 0 Å². The first-order valence-electron chi connectivity index (χ1n) is 6.89. The molecule has 0 saturated heterocycles. The van der Waals surface area contributed by atoms with E-state index in [1.807, 2.05) is 12.1 Å². The molecule has 8 heteroatoms. The van der Waals surface area contributed by atoms with Gasteiger partial charge in [-0.05, 0) is 43.0 Å². The largest absolute Gasteiger partial charge is 0.477 e. The summed E-state index contributed by atoms with van der Waals surface area (Å²) in [6.07, 6.45) is 1.44. The maximum Gasteiger partial charge on any atom is 0.342 e. The van der Waals surface area contributed by atoms with Crippen LogP contribution in [-0.4, -0.2) is 26.3 Å². The minimum Gasteiger partial charge on any atom is -0.477 e. The second-order valence-corrected chi connectivity index (χ2v) is 6.28. The van der Waals surface area contributed by atoms with Crippen molar-refractivity contribution in [3.05, 3.63) is 57.9 Å². The van der Waals surface area contributed by atoms with Crippen LogP contribution in [0.25, 0.3) is 17.4 Å². The lowest BCUT2D eigenvalue weighted by molar-refractivity contribution is -0.131. The van der Waals surface area contributed by atoms with E-state index in [1.165, 1.54) is 6.08 Å². The third-order valence-corrected chi connectivity index (χ3v) is 4.11. The molecule has 0 aliphatic carbocycles. The number of carboxylic acid groups (broad SMARTS) is 1. The van der Waals surface area contributed by atoms with Gasteiger partial charge in [0.15, 0.2) is 0 Å². The number of aryl methyl sites for hydroxylation is 1. The molecule has 3 aromatic rings. The molecule has 0 fully saturated rings. The molecule has 3 rings (SSSR count). The van der Waals surface area contributed by atoms with Crippen LogP contribution in [0, 0.1) is 6.92 Å². The summed E-state index contributed by atoms with van der Waals surface area (Å²) in [5, 5.41) is 16.9. The van der Waals surface area contributed by atoms with Crippen molar-refractivity contribution in [2.45, 2.75) is 12.1 Å². The van der Waals surface area contributed by atoms with Gasteiger partial charge in [-0.1, -0.05) is 23.7 Å². The number of nitrogens with zero attached hydrogens (tertiary/aromatic N) is 2. The molecule has 0 spiro atoms. The van der Waals surface area contributed by atoms with Crippen LogP contribution in [0.2, 0.25) is 5.02 Å². The van der Waals surface area contributed by atoms with Gasteiger partial charge in [-0.3, -0.25) is 5.10 Å². The number of aliphatic carboxylic acids is 1. The van der Waals surface area contributed by atoms with E-state index in [9.17, 15) is 9.90 Å². The highest BCUT2D eigenvalue weighted by molar-refractivity contribution is 8.04. The van der Waals surface area contributed by atoms with Gasteiger partial charge in [-0.25, -0.2) is 9.78 Å². The Morgan fingerprint density at radius 2 is 2.21 bits per heavy atom. The molecule has 0 radical (unpaired) electrons. The summed E-state index contributed by atoms with van der Waals surface area (Å²) in [7, 11) is 0. The van der Waals surface area contributed by atoms with E-state index in [4.69, 9.17) is 16.0 Å². The summed E-state index contributed by atoms with van der Waals surface area (Å²) >= 11 is 6.92. The van der Waals surface area contributed by atoms with Gasteiger partial charge in [0.05, 0.1) is 0 Å². The number of benzene rings is 1. The van der Waals surface area contributed by atoms with Gasteiger partial charge in [0.1, 0.15) is 22.3 Å². The minimum absolute atomic E-state index is 0.0565. The topological polar surface area (TPSA) is 92.0 Å². The van der Waals surface area contributed by atoms with Crippen LogP contribution in [0.5, 0.6) is 0 Å². The van der Waals surface area contributed by atoms with E-state index in [2.05, 4.69) is 15.2 Å². The molecule has 0 aliphatic heterocycles. The van der Waals surface area contributed by atoms with Crippen LogP contribution in [-0.2, 0) is 4.79 Å². The molecule has 0 unspecified atom stereocenters. The molecule has 122 valence electrons. The van der Waals surface area contributed by atoms with E-state index in [1.54, 1.807) is 31.2 Å². The molecule has 6 nitrogen and oxygen atoms in total. The third-order valence-electron chi connectivity index (χ3n) is 3.00. The number of H-pyrrole nitrogens is 1. The highest BCUT2D eigenvalue weighted by Gasteiger charge is 2.14. The molecule has 0 amide bonds. The number of aromatic amines is 1. The Bertz CT molecular complexity index is 917. The van der Waals surface area contributed by atoms with E-state index >= 15 is 0 Å². The molecule has 0 aliphatic rings. The predicted molar refractivity (Wildman–Crippen MR) is 91.7 cm³/mol. The summed E-state index contributed by atoms with van der Waals surface area (Å²) in [4.78, 5) is 15.6. The summed E-state index contributed by atoms with van der Waals surface area (Å²) in [5.74, 6) is 0.556. The molecule has 1 aromatic carbocycles. The molecular formula is C16H12ClN3O3S. The van der Waals surface area contributed by atoms with Crippen molar-refractivity contribution in [3.63, 3.8) is 0 Å². The van der Waals surface area contributed by atoms with Crippen molar-refractivity contribution < 1.29 is 14.3 Å². The smallest absolute Gasteiger partial charge is 0.342 e. The maximum atomic E-state index is 11.4. The number of carboxylic acids is 1. The Kier molecular flexibility index (Phi) is 4.73. The SMILES string of the molecule is Cc1nc(S/C(=C/c2ccc(-c3cccc(Cl)c3)o2)C(=O)O)n[nH]1. The lowest BCUT2D eigenvalue weighted by Gasteiger charge is -1.98. The normalized spacial score (nSPS) is 11.7. The highest BCUT2D eigenvalue weighted by atomic mass is 35.5. The second kappa shape index (κ2) is 6.94. The second-order valence-electron chi connectivity index (χ2n) is 4.83. The summed E-state index contributed by atoms with van der Waals surface area (Å²) in [6.45, 7) is 1.74. The van der Waals surface area contributed by atoms with Crippen LogP contribution in [0.4, 0.5) is 0 Å². The van der Waals surface area contributed by atoms with E-state index in [0.717, 1.165) is 17.3 Å². The zero-order valence-electron chi connectivity index (χ0n) is 12.5. The van der Waals surface area contributed by atoms with E-state index in [0.29, 0.717) is 27.5 Å². The van der Waals surface area contributed by atoms with Crippen molar-refractivity contribution in [3.8, 4) is 11.3 Å². The van der Waals surface area contributed by atoms with E-state index < -0.39 is 5.97 Å². The Hall–Kier alpha value is -2.51. The number of hydrogen-bond donors (Lipinski definition) is 2. The van der Waals surface area contributed by atoms with Gasteiger partial charge in [-0.2, -0.15) is 0 Å². The monoisotopic (exact) mass is 361 g/mol. The molecule has 0 atom stereocenters. The average Bonchev–Trinajstić information content (AvgIpc) is 3.16. The molecule has 2 N–H and O–H groups in total. The van der Waals surface area contributed by atoms with Crippen LogP contribution in [0.15, 0.2) is 50.9 Å². The Morgan fingerprint density at radius 3 is 2.88 bits per heavy atom. The molecular weight excluding hydrogens is 350 g/mol. The van der Waals surface area contributed by atoms with Gasteiger partial charge < -0.3 is 9.52 Å². The van der Waals surface area contributed by atoms with Crippen molar-refractivity contribution in [1.82, 2.24) is 15.2 Å². The first-order valence-corrected chi connectivity index (χ1v) is 8.08. The number of hydrogen-bond acceptors (Lipinski definition) is 5. The van der Waals surface area contributed by atoms with Crippen molar-refractivity contribution in [2.75, 3.05) is 0 Å². The zero-order valence-corrected chi connectivity index (χ0v) is 14.1. The highest BCUT2D eigenvalue weighted by Crippen LogP contribution is 2.29. The Balaban J connectivity index is 1.86. The zero-order chi connectivity index (χ0) is 17.1. The number of aromatic nitrogens is 3. The number of nitrogens with one attached hydrogen (secondary N) is 1. The number of furan rings is 1. The van der Waals surface area contributed by atoms with Crippen molar-refractivity contribution in [2.24, 2.45) is 0 Å². The van der Waals surface area contributed by atoms with E-state index in [-0.39, 0.29) is 4.91 Å². The van der Waals surface area contributed by atoms with Gasteiger partial charge >= 0.3 is 5.97 Å². The fraction of sp³-hybridized carbons (Fsp3) is 0.0625. The van der Waals surface area contributed by atoms with Gasteiger partial charge in [0, 0.05) is 16.7 Å². The van der Waals surface area contributed by atoms with Gasteiger partial charge in [0.25, 0.3) is 0 Å². The lowest BCUT2D eigenvalue weighted by atomic mass is 10.2. The molecule has 2 heterocycles. The molecule has 0 bridgehead atoms. The third kappa shape index (κ3) is 3.87. The number of halogens is 1. The standard InChI is InChI=1S/C16H12ClN3O3S/c1-9-18-16(20-19-9)24-14(15(21)22)8-12-5-6-13(23-12)10-3-2-4-11(17)7-10/h2-8H,1H3,(H,21,22)(H,18,19,20)/b14-8+. The predicted octanol–water partition coefficient (Wildman–Crippen LogP) is 4.24. The first kappa shape index (κ1) is 16.4. The van der Waals surface area contributed by atoms with Gasteiger partial charge in [0.2, 0.25) is 5.16 Å². The number of rotatable bonds is 5. The Labute approximate surface area is 146 Å². The van der Waals surface area contributed by atoms with Crippen LogP contribution < -0.4 is 0 Å². The quantitative estimate of drug-likeness (QED) is 0.521. The minimum atomic E-state index is -1.08. The summed E-state index contributed by atoms with van der Waals surface area (Å²) in [6, 6.07) is 10.7.